The van der Waals surface area contributed by atoms with Crippen LogP contribution in [0.1, 0.15) is 12.8 Å². The first-order chi connectivity index (χ1) is 4.92. The van der Waals surface area contributed by atoms with Crippen LogP contribution in [0.2, 0.25) is 0 Å². The van der Waals surface area contributed by atoms with E-state index in [1.54, 1.807) is 0 Å². The van der Waals surface area contributed by atoms with Gasteiger partial charge in [-0.05, 0) is 36.2 Å². The van der Waals surface area contributed by atoms with Crippen LogP contribution in [0.25, 0.3) is 0 Å². The van der Waals surface area contributed by atoms with Crippen LogP contribution in [-0.4, -0.2) is 17.8 Å². The number of carbonyl (C=O) groups is 1. The predicted molar refractivity (Wildman–Crippen MR) is 43.1 cm³/mol. The van der Waals surface area contributed by atoms with E-state index in [1.165, 1.54) is 24.3 Å². The Kier molecular flexibility index (Phi) is 1.73. The number of aldehydes is 1. The Bertz CT molecular complexity index is 140. The summed E-state index contributed by atoms with van der Waals surface area (Å²) in [5.74, 6) is 4.76. The van der Waals surface area contributed by atoms with Crippen molar-refractivity contribution in [2.75, 3.05) is 11.5 Å². The first kappa shape index (κ1) is 6.71. The molecule has 10 heavy (non-hydrogen) atoms. The highest BCUT2D eigenvalue weighted by molar-refractivity contribution is 7.99. The number of rotatable bonds is 2. The molecular formula is C8H12OS. The minimum Gasteiger partial charge on any atom is -0.303 e. The van der Waals surface area contributed by atoms with Crippen LogP contribution in [0.4, 0.5) is 0 Å². The van der Waals surface area contributed by atoms with Gasteiger partial charge in [0.25, 0.3) is 0 Å². The van der Waals surface area contributed by atoms with Crippen molar-refractivity contribution in [2.24, 2.45) is 17.8 Å². The van der Waals surface area contributed by atoms with Crippen LogP contribution in [0.3, 0.4) is 0 Å². The van der Waals surface area contributed by atoms with E-state index in [0.717, 1.165) is 18.1 Å². The Morgan fingerprint density at radius 2 is 2.40 bits per heavy atom. The molecule has 0 aromatic heterocycles. The summed E-state index contributed by atoms with van der Waals surface area (Å²) in [5, 5.41) is 0. The monoisotopic (exact) mass is 156 g/mol. The van der Waals surface area contributed by atoms with Gasteiger partial charge >= 0.3 is 0 Å². The molecule has 1 aliphatic heterocycles. The third-order valence-corrected chi connectivity index (χ3v) is 3.82. The van der Waals surface area contributed by atoms with E-state index in [0.29, 0.717) is 5.92 Å². The maximum absolute atomic E-state index is 10.3. The van der Waals surface area contributed by atoms with Crippen LogP contribution in [0, 0.1) is 17.8 Å². The first-order valence-corrected chi connectivity index (χ1v) is 5.10. The van der Waals surface area contributed by atoms with E-state index < -0.39 is 0 Å². The van der Waals surface area contributed by atoms with Gasteiger partial charge in [-0.15, -0.1) is 0 Å². The SMILES string of the molecule is O=C[C@@H]1C[C@H]1[C@@H]1CCSC1. The molecule has 0 bridgehead atoms. The summed E-state index contributed by atoms with van der Waals surface area (Å²) in [5.41, 5.74) is 0. The minimum atomic E-state index is 0.448. The summed E-state index contributed by atoms with van der Waals surface area (Å²) in [7, 11) is 0. The van der Waals surface area contributed by atoms with Crippen molar-refractivity contribution in [3.63, 3.8) is 0 Å². The third kappa shape index (κ3) is 1.09. The van der Waals surface area contributed by atoms with Crippen LogP contribution in [0.15, 0.2) is 0 Å². The average molecular weight is 156 g/mol. The fourth-order valence-electron chi connectivity index (χ4n) is 1.82. The predicted octanol–water partition coefficient (Wildman–Crippen LogP) is 1.57. The standard InChI is InChI=1S/C8H12OS/c9-4-7-3-8(7)6-1-2-10-5-6/h4,6-8H,1-3,5H2/t6-,7+,8+/m1/s1. The normalized spacial score (nSPS) is 45.4. The first-order valence-electron chi connectivity index (χ1n) is 3.95. The maximum atomic E-state index is 10.3. The number of thioether (sulfide) groups is 1. The second-order valence-electron chi connectivity index (χ2n) is 3.32. The van der Waals surface area contributed by atoms with Gasteiger partial charge in [0.1, 0.15) is 6.29 Å². The number of hydrogen-bond acceptors (Lipinski definition) is 2. The lowest BCUT2D eigenvalue weighted by Crippen LogP contribution is -2.02. The summed E-state index contributed by atoms with van der Waals surface area (Å²) in [6.07, 6.45) is 3.70. The average Bonchev–Trinajstić information content (AvgIpc) is 2.56. The van der Waals surface area contributed by atoms with E-state index in [-0.39, 0.29) is 0 Å². The molecule has 1 aliphatic carbocycles. The third-order valence-electron chi connectivity index (χ3n) is 2.64. The van der Waals surface area contributed by atoms with Gasteiger partial charge in [0, 0.05) is 5.92 Å². The van der Waals surface area contributed by atoms with Crippen molar-refractivity contribution in [3.8, 4) is 0 Å². The molecule has 0 spiro atoms. The fraction of sp³-hybridized carbons (Fsp3) is 0.875. The minimum absolute atomic E-state index is 0.448. The van der Waals surface area contributed by atoms with Crippen molar-refractivity contribution in [1.29, 1.82) is 0 Å². The molecule has 2 aliphatic rings. The van der Waals surface area contributed by atoms with Gasteiger partial charge in [-0.1, -0.05) is 0 Å². The molecule has 2 heteroatoms. The van der Waals surface area contributed by atoms with Gasteiger partial charge in [0.15, 0.2) is 0 Å². The number of hydrogen-bond donors (Lipinski definition) is 0. The van der Waals surface area contributed by atoms with E-state index in [4.69, 9.17) is 0 Å². The van der Waals surface area contributed by atoms with Crippen molar-refractivity contribution in [3.05, 3.63) is 0 Å². The molecule has 3 atom stereocenters. The van der Waals surface area contributed by atoms with Crippen molar-refractivity contribution in [2.45, 2.75) is 12.8 Å². The Hall–Kier alpha value is 0.0200. The van der Waals surface area contributed by atoms with Crippen molar-refractivity contribution >= 4 is 18.0 Å². The van der Waals surface area contributed by atoms with Gasteiger partial charge in [0.2, 0.25) is 0 Å². The Balaban J connectivity index is 1.84. The summed E-state index contributed by atoms with van der Waals surface area (Å²) in [6.45, 7) is 0. The highest BCUT2D eigenvalue weighted by Crippen LogP contribution is 2.47. The van der Waals surface area contributed by atoms with Crippen LogP contribution < -0.4 is 0 Å². The zero-order valence-electron chi connectivity index (χ0n) is 5.95. The van der Waals surface area contributed by atoms with E-state index in [1.807, 2.05) is 11.8 Å². The highest BCUT2D eigenvalue weighted by atomic mass is 32.2. The lowest BCUT2D eigenvalue weighted by Gasteiger charge is -2.03. The molecule has 0 N–H and O–H groups in total. The lowest BCUT2D eigenvalue weighted by atomic mass is 10.0. The van der Waals surface area contributed by atoms with Crippen molar-refractivity contribution in [1.82, 2.24) is 0 Å². The van der Waals surface area contributed by atoms with Gasteiger partial charge in [-0.25, -0.2) is 0 Å². The molecule has 1 saturated carbocycles. The zero-order valence-corrected chi connectivity index (χ0v) is 6.77. The van der Waals surface area contributed by atoms with E-state index >= 15 is 0 Å². The quantitative estimate of drug-likeness (QED) is 0.565. The van der Waals surface area contributed by atoms with E-state index in [9.17, 15) is 4.79 Å². The fourth-order valence-corrected chi connectivity index (χ4v) is 3.18. The summed E-state index contributed by atoms with van der Waals surface area (Å²) >= 11 is 2.05. The lowest BCUT2D eigenvalue weighted by molar-refractivity contribution is -0.109. The summed E-state index contributed by atoms with van der Waals surface area (Å²) in [6, 6.07) is 0. The maximum Gasteiger partial charge on any atom is 0.123 e. The molecule has 0 aromatic carbocycles. The molecule has 0 amide bonds. The summed E-state index contributed by atoms with van der Waals surface area (Å²) in [4.78, 5) is 10.3. The smallest absolute Gasteiger partial charge is 0.123 e. The van der Waals surface area contributed by atoms with Gasteiger partial charge < -0.3 is 4.79 Å². The Morgan fingerprint density at radius 3 is 2.90 bits per heavy atom. The number of carbonyl (C=O) groups excluding carboxylic acids is 1. The molecule has 1 nitrogen and oxygen atoms in total. The van der Waals surface area contributed by atoms with Crippen LogP contribution >= 0.6 is 11.8 Å². The molecule has 2 fully saturated rings. The largest absolute Gasteiger partial charge is 0.303 e. The van der Waals surface area contributed by atoms with Gasteiger partial charge in [0.05, 0.1) is 0 Å². The molecule has 56 valence electrons. The molecule has 2 rings (SSSR count). The highest BCUT2D eigenvalue weighted by Gasteiger charge is 2.43. The van der Waals surface area contributed by atoms with Gasteiger partial charge in [-0.3, -0.25) is 0 Å². The second-order valence-corrected chi connectivity index (χ2v) is 4.47. The van der Waals surface area contributed by atoms with Gasteiger partial charge in [-0.2, -0.15) is 11.8 Å². The summed E-state index contributed by atoms with van der Waals surface area (Å²) < 4.78 is 0. The topological polar surface area (TPSA) is 17.1 Å². The van der Waals surface area contributed by atoms with Crippen molar-refractivity contribution < 1.29 is 4.79 Å². The van der Waals surface area contributed by atoms with E-state index in [2.05, 4.69) is 0 Å². The second kappa shape index (κ2) is 2.57. The Morgan fingerprint density at radius 1 is 1.50 bits per heavy atom. The molecule has 0 aromatic rings. The Labute approximate surface area is 65.6 Å². The molecular weight excluding hydrogens is 144 g/mol. The molecule has 0 radical (unpaired) electrons. The zero-order chi connectivity index (χ0) is 6.97. The molecule has 1 heterocycles. The van der Waals surface area contributed by atoms with Crippen LogP contribution in [-0.2, 0) is 4.79 Å². The molecule has 1 saturated heterocycles. The molecule has 0 unspecified atom stereocenters. The van der Waals surface area contributed by atoms with Crippen LogP contribution in [0.5, 0.6) is 0 Å².